The van der Waals surface area contributed by atoms with E-state index in [0.29, 0.717) is 10.7 Å². The molecular weight excluding hydrogens is 340 g/mol. The highest BCUT2D eigenvalue weighted by Gasteiger charge is 2.08. The van der Waals surface area contributed by atoms with Crippen molar-refractivity contribution in [1.82, 2.24) is 4.98 Å². The van der Waals surface area contributed by atoms with Gasteiger partial charge in [-0.25, -0.2) is 13.8 Å². The molecule has 0 saturated heterocycles. The molecule has 116 valence electrons. The summed E-state index contributed by atoms with van der Waals surface area (Å²) in [6, 6.07) is 12.1. The smallest absolute Gasteiger partial charge is 0.203 e. The van der Waals surface area contributed by atoms with Gasteiger partial charge in [0.05, 0.1) is 16.9 Å². The van der Waals surface area contributed by atoms with Gasteiger partial charge in [-0.1, -0.05) is 41.9 Å². The van der Waals surface area contributed by atoms with Crippen LogP contribution in [0.25, 0.3) is 11.3 Å². The van der Waals surface area contributed by atoms with Gasteiger partial charge in [-0.05, 0) is 17.7 Å². The van der Waals surface area contributed by atoms with Crippen LogP contribution in [-0.4, -0.2) is 11.2 Å². The first-order valence-electron chi connectivity index (χ1n) is 6.58. The molecule has 0 saturated carbocycles. The van der Waals surface area contributed by atoms with E-state index in [2.05, 4.69) is 15.5 Å². The zero-order chi connectivity index (χ0) is 16.2. The highest BCUT2D eigenvalue weighted by atomic mass is 35.5. The molecule has 1 N–H and O–H groups in total. The van der Waals surface area contributed by atoms with E-state index in [1.165, 1.54) is 23.6 Å². The molecule has 7 heteroatoms. The Bertz CT molecular complexity index is 827. The number of hydrogen-bond acceptors (Lipinski definition) is 4. The van der Waals surface area contributed by atoms with E-state index < -0.39 is 11.6 Å². The van der Waals surface area contributed by atoms with Gasteiger partial charge in [0.2, 0.25) is 5.13 Å². The van der Waals surface area contributed by atoms with Crippen LogP contribution in [-0.2, 0) is 0 Å². The molecule has 0 radical (unpaired) electrons. The Morgan fingerprint density at radius 1 is 1.17 bits per heavy atom. The molecule has 0 amide bonds. The van der Waals surface area contributed by atoms with Crippen molar-refractivity contribution in [3.05, 3.63) is 70.1 Å². The normalized spacial score (nSPS) is 11.1. The number of rotatable bonds is 4. The van der Waals surface area contributed by atoms with E-state index in [0.717, 1.165) is 17.3 Å². The Kier molecular flexibility index (Phi) is 4.64. The first-order chi connectivity index (χ1) is 11.1. The van der Waals surface area contributed by atoms with Gasteiger partial charge in [-0.15, -0.1) is 11.3 Å². The summed E-state index contributed by atoms with van der Waals surface area (Å²) in [6.07, 6.45) is 1.35. The fourth-order valence-electron chi connectivity index (χ4n) is 1.88. The van der Waals surface area contributed by atoms with Crippen LogP contribution in [0.5, 0.6) is 0 Å². The highest BCUT2D eigenvalue weighted by Crippen LogP contribution is 2.24. The van der Waals surface area contributed by atoms with Crippen molar-refractivity contribution in [2.24, 2.45) is 5.10 Å². The van der Waals surface area contributed by atoms with Crippen molar-refractivity contribution in [1.29, 1.82) is 0 Å². The molecule has 0 aliphatic heterocycles. The molecule has 23 heavy (non-hydrogen) atoms. The molecule has 0 unspecified atom stereocenters. The first kappa shape index (κ1) is 15.6. The van der Waals surface area contributed by atoms with Crippen LogP contribution >= 0.6 is 22.9 Å². The number of benzene rings is 2. The number of thiazole rings is 1. The number of nitrogens with zero attached hydrogens (tertiary/aromatic N) is 2. The lowest BCUT2D eigenvalue weighted by Gasteiger charge is -1.99. The Morgan fingerprint density at radius 3 is 2.70 bits per heavy atom. The van der Waals surface area contributed by atoms with Gasteiger partial charge < -0.3 is 0 Å². The monoisotopic (exact) mass is 349 g/mol. The molecule has 0 aliphatic carbocycles. The Balaban J connectivity index is 1.70. The number of hydrazone groups is 1. The van der Waals surface area contributed by atoms with Gasteiger partial charge in [0.1, 0.15) is 0 Å². The maximum absolute atomic E-state index is 13.2. The van der Waals surface area contributed by atoms with E-state index >= 15 is 0 Å². The van der Waals surface area contributed by atoms with Gasteiger partial charge in [-0.2, -0.15) is 5.10 Å². The second-order valence-corrected chi connectivity index (χ2v) is 5.84. The van der Waals surface area contributed by atoms with Crippen molar-refractivity contribution < 1.29 is 8.78 Å². The molecule has 3 nitrogen and oxygen atoms in total. The van der Waals surface area contributed by atoms with Crippen molar-refractivity contribution >= 4 is 34.3 Å². The molecule has 1 aromatic heterocycles. The fourth-order valence-corrected chi connectivity index (χ4v) is 2.76. The van der Waals surface area contributed by atoms with Crippen molar-refractivity contribution in [3.8, 4) is 11.3 Å². The fraction of sp³-hybridized carbons (Fsp3) is 0. The summed E-state index contributed by atoms with van der Waals surface area (Å²) in [5.74, 6) is -2.08. The zero-order valence-electron chi connectivity index (χ0n) is 11.6. The summed E-state index contributed by atoms with van der Waals surface area (Å²) < 4.78 is 26.3. The van der Waals surface area contributed by atoms with Crippen molar-refractivity contribution in [3.63, 3.8) is 0 Å². The lowest BCUT2D eigenvalue weighted by Crippen LogP contribution is -1.93. The van der Waals surface area contributed by atoms with Gasteiger partial charge >= 0.3 is 0 Å². The molecule has 1 heterocycles. The van der Waals surface area contributed by atoms with Crippen LogP contribution in [0.15, 0.2) is 52.9 Å². The first-order valence-corrected chi connectivity index (χ1v) is 7.84. The third-order valence-corrected chi connectivity index (χ3v) is 3.98. The Morgan fingerprint density at radius 2 is 1.96 bits per heavy atom. The molecule has 3 rings (SSSR count). The summed E-state index contributed by atoms with van der Waals surface area (Å²) in [7, 11) is 0. The minimum Gasteiger partial charge on any atom is -0.253 e. The number of anilines is 1. The molecule has 0 bridgehead atoms. The molecule has 0 fully saturated rings. The minimum atomic E-state index is -1.07. The molecule has 3 aromatic rings. The number of aromatic nitrogens is 1. The van der Waals surface area contributed by atoms with Crippen LogP contribution in [0.4, 0.5) is 13.9 Å². The van der Waals surface area contributed by atoms with E-state index in [1.807, 2.05) is 35.7 Å². The molecule has 2 aromatic carbocycles. The van der Waals surface area contributed by atoms with Gasteiger partial charge in [0, 0.05) is 10.9 Å². The number of hydrogen-bond donors (Lipinski definition) is 1. The summed E-state index contributed by atoms with van der Waals surface area (Å²) in [5, 5.41) is 6.17. The van der Waals surface area contributed by atoms with Gasteiger partial charge in [-0.3, -0.25) is 5.43 Å². The average Bonchev–Trinajstić information content (AvgIpc) is 3.02. The molecule has 0 atom stereocenters. The summed E-state index contributed by atoms with van der Waals surface area (Å²) >= 11 is 6.97. The lowest BCUT2D eigenvalue weighted by atomic mass is 10.2. The second-order valence-electron chi connectivity index (χ2n) is 4.57. The third-order valence-electron chi connectivity index (χ3n) is 2.95. The largest absolute Gasteiger partial charge is 0.253 e. The predicted molar refractivity (Wildman–Crippen MR) is 90.1 cm³/mol. The maximum atomic E-state index is 13.2. The van der Waals surface area contributed by atoms with E-state index in [9.17, 15) is 8.78 Å². The minimum absolute atomic E-state index is 0.285. The topological polar surface area (TPSA) is 37.3 Å². The van der Waals surface area contributed by atoms with E-state index in [-0.39, 0.29) is 5.02 Å². The number of nitrogens with one attached hydrogen (secondary N) is 1. The molecular formula is C16H10ClF2N3S. The van der Waals surface area contributed by atoms with Gasteiger partial charge in [0.25, 0.3) is 0 Å². The van der Waals surface area contributed by atoms with E-state index in [1.54, 1.807) is 0 Å². The summed E-state index contributed by atoms with van der Waals surface area (Å²) in [5.41, 5.74) is 4.95. The van der Waals surface area contributed by atoms with Crippen molar-refractivity contribution in [2.45, 2.75) is 0 Å². The Labute approximate surface area is 140 Å². The quantitative estimate of drug-likeness (QED) is 0.400. The second kappa shape index (κ2) is 6.85. The van der Waals surface area contributed by atoms with Crippen LogP contribution in [0.1, 0.15) is 5.56 Å². The lowest BCUT2D eigenvalue weighted by molar-refractivity contribution is 0.509. The van der Waals surface area contributed by atoms with Crippen molar-refractivity contribution in [2.75, 3.05) is 5.43 Å². The molecule has 0 spiro atoms. The number of halogens is 3. The highest BCUT2D eigenvalue weighted by molar-refractivity contribution is 7.14. The third kappa shape index (κ3) is 3.72. The van der Waals surface area contributed by atoms with Crippen LogP contribution < -0.4 is 5.43 Å². The van der Waals surface area contributed by atoms with Crippen LogP contribution in [0.3, 0.4) is 0 Å². The summed E-state index contributed by atoms with van der Waals surface area (Å²) in [6.45, 7) is 0. The van der Waals surface area contributed by atoms with Gasteiger partial charge in [0.15, 0.2) is 11.6 Å². The van der Waals surface area contributed by atoms with Crippen LogP contribution in [0, 0.1) is 11.6 Å². The Hall–Kier alpha value is -2.31. The average molecular weight is 350 g/mol. The zero-order valence-corrected chi connectivity index (χ0v) is 13.2. The standard InChI is InChI=1S/C16H10ClF2N3S/c17-12-6-10(7-13(18)15(12)19)8-20-22-16-21-14(9-23-16)11-4-2-1-3-5-11/h1-9H,(H,21,22). The predicted octanol–water partition coefficient (Wildman–Crippen LogP) is 5.19. The molecule has 0 aliphatic rings. The summed E-state index contributed by atoms with van der Waals surface area (Å²) in [4.78, 5) is 4.39. The van der Waals surface area contributed by atoms with E-state index in [4.69, 9.17) is 11.6 Å². The SMILES string of the molecule is Fc1cc(C=NNc2nc(-c3ccccc3)cs2)cc(Cl)c1F. The van der Waals surface area contributed by atoms with Crippen LogP contribution in [0.2, 0.25) is 5.02 Å². The maximum Gasteiger partial charge on any atom is 0.203 e.